The highest BCUT2D eigenvalue weighted by atomic mass is 35.5. The van der Waals surface area contributed by atoms with Crippen LogP contribution in [0.1, 0.15) is 35.8 Å². The van der Waals surface area contributed by atoms with Gasteiger partial charge in [0.1, 0.15) is 12.1 Å². The Bertz CT molecular complexity index is 644. The van der Waals surface area contributed by atoms with E-state index in [4.69, 9.17) is 21.4 Å². The Hall–Kier alpha value is -2.14. The summed E-state index contributed by atoms with van der Waals surface area (Å²) in [5.41, 5.74) is 0.959. The minimum atomic E-state index is -1.04. The minimum absolute atomic E-state index is 0.105. The number of hydrogen-bond acceptors (Lipinski definition) is 4. The molecule has 0 saturated carbocycles. The van der Waals surface area contributed by atoms with Crippen LogP contribution in [0.3, 0.4) is 0 Å². The van der Waals surface area contributed by atoms with Crippen molar-refractivity contribution in [2.24, 2.45) is 0 Å². The summed E-state index contributed by atoms with van der Waals surface area (Å²) in [4.78, 5) is 19.0. The zero-order valence-electron chi connectivity index (χ0n) is 11.0. The lowest BCUT2D eigenvalue weighted by atomic mass is 10.1. The van der Waals surface area contributed by atoms with Crippen LogP contribution < -0.4 is 4.74 Å². The highest BCUT2D eigenvalue weighted by molar-refractivity contribution is 6.32. The molecule has 0 fully saturated rings. The first-order valence-electron chi connectivity index (χ1n) is 6.00. The molecule has 2 aromatic rings. The van der Waals surface area contributed by atoms with Crippen molar-refractivity contribution in [1.29, 1.82) is 0 Å². The number of ether oxygens (including phenoxy) is 1. The molecule has 1 heterocycles. The highest BCUT2D eigenvalue weighted by Gasteiger charge is 2.10. The van der Waals surface area contributed by atoms with Crippen molar-refractivity contribution in [1.82, 2.24) is 9.97 Å². The van der Waals surface area contributed by atoms with E-state index in [0.717, 1.165) is 5.69 Å². The summed E-state index contributed by atoms with van der Waals surface area (Å²) in [6.07, 6.45) is 1.42. The Kier molecular flexibility index (Phi) is 4.20. The lowest BCUT2D eigenvalue weighted by Gasteiger charge is -2.09. The third-order valence-electron chi connectivity index (χ3n) is 2.65. The molecule has 0 bridgehead atoms. The zero-order valence-corrected chi connectivity index (χ0v) is 11.8. The number of aromatic nitrogens is 2. The van der Waals surface area contributed by atoms with Crippen LogP contribution in [0.15, 0.2) is 30.6 Å². The molecule has 0 aliphatic rings. The van der Waals surface area contributed by atoms with Crippen molar-refractivity contribution < 1.29 is 14.6 Å². The molecule has 0 aliphatic heterocycles. The molecule has 1 N–H and O–H groups in total. The Morgan fingerprint density at radius 1 is 1.30 bits per heavy atom. The summed E-state index contributed by atoms with van der Waals surface area (Å²) in [6.45, 7) is 4.03. The number of benzene rings is 1. The highest BCUT2D eigenvalue weighted by Crippen LogP contribution is 2.29. The van der Waals surface area contributed by atoms with Crippen molar-refractivity contribution in [3.05, 3.63) is 46.9 Å². The van der Waals surface area contributed by atoms with E-state index >= 15 is 0 Å². The molecular formula is C14H13ClN2O3. The molecule has 0 radical (unpaired) electrons. The Balaban J connectivity index is 2.26. The van der Waals surface area contributed by atoms with Crippen molar-refractivity contribution in [2.75, 3.05) is 0 Å². The lowest BCUT2D eigenvalue weighted by Crippen LogP contribution is -1.98. The van der Waals surface area contributed by atoms with Crippen LogP contribution in [0.2, 0.25) is 5.02 Å². The number of aromatic carboxylic acids is 1. The maximum absolute atomic E-state index is 10.8. The van der Waals surface area contributed by atoms with E-state index in [1.54, 1.807) is 6.07 Å². The summed E-state index contributed by atoms with van der Waals surface area (Å²) < 4.78 is 5.56. The fraction of sp³-hybridized carbons (Fsp3) is 0.214. The topological polar surface area (TPSA) is 72.3 Å². The number of halogens is 1. The lowest BCUT2D eigenvalue weighted by molar-refractivity contribution is 0.0697. The largest absolute Gasteiger partial charge is 0.478 e. The summed E-state index contributed by atoms with van der Waals surface area (Å²) in [5, 5.41) is 9.08. The van der Waals surface area contributed by atoms with Crippen molar-refractivity contribution in [3.8, 4) is 11.6 Å². The maximum Gasteiger partial charge on any atom is 0.335 e. The summed E-state index contributed by atoms with van der Waals surface area (Å²) in [7, 11) is 0. The van der Waals surface area contributed by atoms with Crippen molar-refractivity contribution in [2.45, 2.75) is 19.8 Å². The van der Waals surface area contributed by atoms with E-state index in [2.05, 4.69) is 9.97 Å². The maximum atomic E-state index is 10.8. The molecule has 104 valence electrons. The van der Waals surface area contributed by atoms with Crippen LogP contribution in [-0.2, 0) is 0 Å². The fourth-order valence-corrected chi connectivity index (χ4v) is 1.77. The van der Waals surface area contributed by atoms with Crippen LogP contribution in [0.4, 0.5) is 0 Å². The van der Waals surface area contributed by atoms with Gasteiger partial charge in [0.05, 0.1) is 16.3 Å². The quantitative estimate of drug-likeness (QED) is 0.929. The van der Waals surface area contributed by atoms with E-state index in [9.17, 15) is 4.79 Å². The molecule has 5 nitrogen and oxygen atoms in total. The standard InChI is InChI=1S/C14H13ClN2O3/c1-8(2)11-6-13(17-7-16-11)20-12-4-3-9(14(18)19)5-10(12)15/h3-8H,1-2H3,(H,18,19). The van der Waals surface area contributed by atoms with Gasteiger partial charge < -0.3 is 9.84 Å². The van der Waals surface area contributed by atoms with Crippen LogP contribution in [0.25, 0.3) is 0 Å². The van der Waals surface area contributed by atoms with Gasteiger partial charge in [0.25, 0.3) is 0 Å². The second kappa shape index (κ2) is 5.88. The van der Waals surface area contributed by atoms with Gasteiger partial charge in [-0.2, -0.15) is 0 Å². The van der Waals surface area contributed by atoms with Gasteiger partial charge in [0.15, 0.2) is 0 Å². The van der Waals surface area contributed by atoms with Crippen molar-refractivity contribution >= 4 is 17.6 Å². The molecule has 2 rings (SSSR count). The van der Waals surface area contributed by atoms with Crippen LogP contribution in [0, 0.1) is 0 Å². The second-order valence-electron chi connectivity index (χ2n) is 4.49. The summed E-state index contributed by atoms with van der Waals surface area (Å²) in [5.74, 6) is -0.0634. The van der Waals surface area contributed by atoms with Gasteiger partial charge in [-0.15, -0.1) is 0 Å². The summed E-state index contributed by atoms with van der Waals surface area (Å²) in [6, 6.07) is 5.99. The number of rotatable bonds is 4. The normalized spacial score (nSPS) is 10.6. The van der Waals surface area contributed by atoms with E-state index in [-0.39, 0.29) is 16.5 Å². The zero-order chi connectivity index (χ0) is 14.7. The van der Waals surface area contributed by atoms with Gasteiger partial charge in [0, 0.05) is 6.07 Å². The van der Waals surface area contributed by atoms with Gasteiger partial charge >= 0.3 is 5.97 Å². The molecule has 0 aliphatic carbocycles. The predicted octanol–water partition coefficient (Wildman–Crippen LogP) is 3.74. The molecule has 0 amide bonds. The third kappa shape index (κ3) is 3.24. The number of hydrogen-bond donors (Lipinski definition) is 1. The van der Waals surface area contributed by atoms with Crippen LogP contribution >= 0.6 is 11.6 Å². The average molecular weight is 293 g/mol. The monoisotopic (exact) mass is 292 g/mol. The van der Waals surface area contributed by atoms with Gasteiger partial charge in [0.2, 0.25) is 5.88 Å². The predicted molar refractivity (Wildman–Crippen MR) is 74.6 cm³/mol. The molecule has 0 saturated heterocycles. The minimum Gasteiger partial charge on any atom is -0.478 e. The number of nitrogens with zero attached hydrogens (tertiary/aromatic N) is 2. The SMILES string of the molecule is CC(C)c1cc(Oc2ccc(C(=O)O)cc2Cl)ncn1. The van der Waals surface area contributed by atoms with Crippen molar-refractivity contribution in [3.63, 3.8) is 0 Å². The fourth-order valence-electron chi connectivity index (χ4n) is 1.55. The molecule has 1 aromatic carbocycles. The second-order valence-corrected chi connectivity index (χ2v) is 4.90. The van der Waals surface area contributed by atoms with Gasteiger partial charge in [-0.1, -0.05) is 25.4 Å². The number of carboxylic acids is 1. The van der Waals surface area contributed by atoms with E-state index < -0.39 is 5.97 Å². The molecule has 0 atom stereocenters. The Labute approximate surface area is 121 Å². The van der Waals surface area contributed by atoms with Crippen LogP contribution in [-0.4, -0.2) is 21.0 Å². The average Bonchev–Trinajstić information content (AvgIpc) is 2.41. The van der Waals surface area contributed by atoms with Crippen LogP contribution in [0.5, 0.6) is 11.6 Å². The molecule has 20 heavy (non-hydrogen) atoms. The summed E-state index contributed by atoms with van der Waals surface area (Å²) >= 11 is 5.99. The Morgan fingerprint density at radius 3 is 2.65 bits per heavy atom. The number of carboxylic acid groups (broad SMARTS) is 1. The van der Waals surface area contributed by atoms with E-state index in [1.165, 1.54) is 24.5 Å². The van der Waals surface area contributed by atoms with Gasteiger partial charge in [-0.25, -0.2) is 14.8 Å². The van der Waals surface area contributed by atoms with Gasteiger partial charge in [-0.05, 0) is 24.1 Å². The molecule has 1 aromatic heterocycles. The molecule has 6 heteroatoms. The number of carbonyl (C=O) groups is 1. The van der Waals surface area contributed by atoms with E-state index in [1.807, 2.05) is 13.8 Å². The van der Waals surface area contributed by atoms with E-state index in [0.29, 0.717) is 11.6 Å². The first-order chi connectivity index (χ1) is 9.47. The first kappa shape index (κ1) is 14.3. The molecule has 0 spiro atoms. The van der Waals surface area contributed by atoms with Gasteiger partial charge in [-0.3, -0.25) is 0 Å². The molecule has 0 unspecified atom stereocenters. The first-order valence-corrected chi connectivity index (χ1v) is 6.38. The third-order valence-corrected chi connectivity index (χ3v) is 2.94. The molecular weight excluding hydrogens is 280 g/mol. The smallest absolute Gasteiger partial charge is 0.335 e. The Morgan fingerprint density at radius 2 is 2.05 bits per heavy atom.